The molecule has 0 spiro atoms. The summed E-state index contributed by atoms with van der Waals surface area (Å²) in [5.41, 5.74) is 9.89. The van der Waals surface area contributed by atoms with Gasteiger partial charge in [-0.3, -0.25) is 0 Å². The highest BCUT2D eigenvalue weighted by Crippen LogP contribution is 2.51. The lowest BCUT2D eigenvalue weighted by atomic mass is 9.79. The molecule has 11 aromatic rings. The van der Waals surface area contributed by atoms with Crippen molar-refractivity contribution in [2.75, 3.05) is 0 Å². The van der Waals surface area contributed by atoms with Crippen molar-refractivity contribution in [3.63, 3.8) is 0 Å². The van der Waals surface area contributed by atoms with Gasteiger partial charge in [0.15, 0.2) is 0 Å². The molecule has 11 aromatic carbocycles. The average molecular weight is 683 g/mol. The summed E-state index contributed by atoms with van der Waals surface area (Å²) in [7, 11) is 0. The van der Waals surface area contributed by atoms with Crippen molar-refractivity contribution in [1.29, 1.82) is 0 Å². The van der Waals surface area contributed by atoms with Crippen LogP contribution in [0.4, 0.5) is 0 Å². The Hall–Kier alpha value is -7.02. The van der Waals surface area contributed by atoms with E-state index in [1.165, 1.54) is 109 Å². The second kappa shape index (κ2) is 12.3. The number of rotatable bonds is 4. The Morgan fingerprint density at radius 3 is 1.15 bits per heavy atom. The molecular formula is C54H34. The van der Waals surface area contributed by atoms with Crippen LogP contribution in [0.25, 0.3) is 109 Å². The fourth-order valence-corrected chi connectivity index (χ4v) is 8.87. The van der Waals surface area contributed by atoms with Crippen LogP contribution in [0.2, 0.25) is 0 Å². The molecule has 0 heteroatoms. The quantitative estimate of drug-likeness (QED) is 0.162. The predicted octanol–water partition coefficient (Wildman–Crippen LogP) is 15.3. The van der Waals surface area contributed by atoms with Crippen LogP contribution >= 0.6 is 0 Å². The highest BCUT2D eigenvalue weighted by molar-refractivity contribution is 6.29. The lowest BCUT2D eigenvalue weighted by Gasteiger charge is -2.24. The van der Waals surface area contributed by atoms with Gasteiger partial charge in [-0.15, -0.1) is 0 Å². The molecule has 0 fully saturated rings. The van der Waals surface area contributed by atoms with Crippen LogP contribution in [0.5, 0.6) is 0 Å². The summed E-state index contributed by atoms with van der Waals surface area (Å²) in [5, 5.41) is 15.0. The van der Waals surface area contributed by atoms with Crippen molar-refractivity contribution < 1.29 is 0 Å². The van der Waals surface area contributed by atoms with Crippen LogP contribution in [0.1, 0.15) is 0 Å². The fraction of sp³-hybridized carbons (Fsp3) is 0. The van der Waals surface area contributed by atoms with E-state index in [0.29, 0.717) is 0 Å². The minimum atomic E-state index is 1.21. The number of hydrogen-bond donors (Lipinski definition) is 0. The van der Waals surface area contributed by atoms with Crippen molar-refractivity contribution in [2.45, 2.75) is 0 Å². The van der Waals surface area contributed by atoms with Crippen molar-refractivity contribution in [2.24, 2.45) is 0 Å². The Labute approximate surface area is 314 Å². The van der Waals surface area contributed by atoms with E-state index in [0.717, 1.165) is 0 Å². The average Bonchev–Trinajstić information content (AvgIpc) is 3.24. The molecule has 0 radical (unpaired) electrons. The molecule has 0 atom stereocenters. The van der Waals surface area contributed by atoms with E-state index in [2.05, 4.69) is 206 Å². The maximum atomic E-state index is 2.39. The zero-order valence-corrected chi connectivity index (χ0v) is 29.6. The van der Waals surface area contributed by atoms with Gasteiger partial charge in [-0.05, 0) is 127 Å². The highest BCUT2D eigenvalue weighted by atomic mass is 14.3. The molecule has 0 nitrogen and oxygen atoms in total. The highest BCUT2D eigenvalue weighted by Gasteiger charge is 2.24. The third-order valence-corrected chi connectivity index (χ3v) is 11.4. The summed E-state index contributed by atoms with van der Waals surface area (Å²) in [6, 6.07) is 76.4. The van der Waals surface area contributed by atoms with E-state index < -0.39 is 0 Å². The van der Waals surface area contributed by atoms with E-state index in [1.807, 2.05) is 0 Å². The van der Waals surface area contributed by atoms with Gasteiger partial charge in [-0.2, -0.15) is 0 Å². The fourth-order valence-electron chi connectivity index (χ4n) is 8.87. The first kappa shape index (κ1) is 30.6. The Balaban J connectivity index is 1.39. The monoisotopic (exact) mass is 682 g/mol. The van der Waals surface area contributed by atoms with Gasteiger partial charge in [0.1, 0.15) is 0 Å². The normalized spacial score (nSPS) is 11.7. The molecule has 0 bridgehead atoms. The lowest BCUT2D eigenvalue weighted by Crippen LogP contribution is -1.96. The van der Waals surface area contributed by atoms with Gasteiger partial charge >= 0.3 is 0 Å². The molecule has 0 aliphatic heterocycles. The van der Waals surface area contributed by atoms with E-state index in [9.17, 15) is 0 Å². The van der Waals surface area contributed by atoms with E-state index >= 15 is 0 Å². The zero-order valence-electron chi connectivity index (χ0n) is 29.6. The summed E-state index contributed by atoms with van der Waals surface area (Å²) >= 11 is 0. The van der Waals surface area contributed by atoms with Crippen molar-refractivity contribution in [3.05, 3.63) is 206 Å². The first-order valence-corrected chi connectivity index (χ1v) is 18.8. The maximum Gasteiger partial charge on any atom is -0.000763 e. The molecule has 250 valence electrons. The van der Waals surface area contributed by atoms with E-state index in [-0.39, 0.29) is 0 Å². The first-order chi connectivity index (χ1) is 26.8. The maximum absolute atomic E-state index is 2.39. The molecule has 0 aromatic heterocycles. The molecule has 0 aliphatic rings. The van der Waals surface area contributed by atoms with Crippen molar-refractivity contribution in [1.82, 2.24) is 0 Å². The molecular weight excluding hydrogens is 649 g/mol. The van der Waals surface area contributed by atoms with E-state index in [4.69, 9.17) is 0 Å². The van der Waals surface area contributed by atoms with Crippen LogP contribution in [0.3, 0.4) is 0 Å². The number of fused-ring (bicyclic) bond motifs is 6. The van der Waals surface area contributed by atoms with Crippen LogP contribution < -0.4 is 0 Å². The molecule has 0 heterocycles. The van der Waals surface area contributed by atoms with Gasteiger partial charge in [0, 0.05) is 0 Å². The number of hydrogen-bond acceptors (Lipinski definition) is 0. The summed E-state index contributed by atoms with van der Waals surface area (Å²) in [6.07, 6.45) is 0. The molecule has 0 N–H and O–H groups in total. The SMILES string of the molecule is c1ccc2cc(-c3ccc(-c4ccc5ccccc5c4)c4c(-c5cccc6ccccc56)c5ccccc5c(-c5ccc6ccccc6c5)c34)ccc2c1. The summed E-state index contributed by atoms with van der Waals surface area (Å²) in [5.74, 6) is 0. The lowest BCUT2D eigenvalue weighted by molar-refractivity contribution is 1.64. The van der Waals surface area contributed by atoms with Crippen LogP contribution in [0.15, 0.2) is 206 Å². The smallest absolute Gasteiger partial charge is 0.000763 e. The van der Waals surface area contributed by atoms with Crippen molar-refractivity contribution in [3.8, 4) is 44.5 Å². The Bertz CT molecular complexity index is 3270. The summed E-state index contributed by atoms with van der Waals surface area (Å²) in [4.78, 5) is 0. The minimum absolute atomic E-state index is 1.21. The largest absolute Gasteiger partial charge is 0.0616 e. The molecule has 0 saturated carbocycles. The van der Waals surface area contributed by atoms with E-state index in [1.54, 1.807) is 0 Å². The Morgan fingerprint density at radius 1 is 0.204 bits per heavy atom. The standard InChI is InChI=1S/C54H34/c1-4-16-39-32-42(27-24-35(39)12-1)46-30-31-47(43-28-25-36-13-2-5-17-40(36)33-43)54-52(48-23-11-19-38-15-7-8-20-45(38)48)50-22-10-9-21-49(50)51(53(46)54)44-29-26-37-14-3-6-18-41(37)34-44/h1-34H. The molecule has 0 unspecified atom stereocenters. The molecule has 0 saturated heterocycles. The van der Waals surface area contributed by atoms with Gasteiger partial charge in [0.25, 0.3) is 0 Å². The first-order valence-electron chi connectivity index (χ1n) is 18.8. The zero-order chi connectivity index (χ0) is 35.6. The van der Waals surface area contributed by atoms with Gasteiger partial charge < -0.3 is 0 Å². The summed E-state index contributed by atoms with van der Waals surface area (Å²) < 4.78 is 0. The number of benzene rings is 11. The topological polar surface area (TPSA) is 0 Å². The van der Waals surface area contributed by atoms with Gasteiger partial charge in [-0.1, -0.05) is 188 Å². The van der Waals surface area contributed by atoms with Gasteiger partial charge in [0.05, 0.1) is 0 Å². The third kappa shape index (κ3) is 4.85. The Morgan fingerprint density at radius 2 is 0.593 bits per heavy atom. The minimum Gasteiger partial charge on any atom is -0.0616 e. The van der Waals surface area contributed by atoms with Crippen LogP contribution in [-0.4, -0.2) is 0 Å². The molecule has 0 amide bonds. The van der Waals surface area contributed by atoms with Gasteiger partial charge in [-0.25, -0.2) is 0 Å². The summed E-state index contributed by atoms with van der Waals surface area (Å²) in [6.45, 7) is 0. The van der Waals surface area contributed by atoms with Crippen LogP contribution in [-0.2, 0) is 0 Å². The second-order valence-electron chi connectivity index (χ2n) is 14.4. The molecule has 11 rings (SSSR count). The molecule has 0 aliphatic carbocycles. The second-order valence-corrected chi connectivity index (χ2v) is 14.4. The Kier molecular flexibility index (Phi) is 6.97. The van der Waals surface area contributed by atoms with Crippen LogP contribution in [0, 0.1) is 0 Å². The molecule has 54 heavy (non-hydrogen) atoms. The predicted molar refractivity (Wildman–Crippen MR) is 233 cm³/mol. The van der Waals surface area contributed by atoms with Crippen molar-refractivity contribution >= 4 is 64.6 Å². The van der Waals surface area contributed by atoms with Gasteiger partial charge in [0.2, 0.25) is 0 Å². The third-order valence-electron chi connectivity index (χ3n) is 11.4.